The topological polar surface area (TPSA) is 0 Å². The quantitative estimate of drug-likeness (QED) is 0.642. The van der Waals surface area contributed by atoms with Crippen molar-refractivity contribution in [3.8, 4) is 0 Å². The average molecular weight is 243 g/mol. The predicted octanol–water partition coefficient (Wildman–Crippen LogP) is 5.14. The van der Waals surface area contributed by atoms with E-state index in [1.54, 1.807) is 0 Å². The maximum absolute atomic E-state index is 6.09. The lowest BCUT2D eigenvalue weighted by Gasteiger charge is -2.08. The fraction of sp³-hybridized carbons (Fsp3) is 0.385. The molecule has 1 atom stereocenters. The van der Waals surface area contributed by atoms with Gasteiger partial charge in [0.2, 0.25) is 0 Å². The SMILES string of the molecule is CC/C=C\C(C)Cc1cc(Cl)ccc1Cl. The van der Waals surface area contributed by atoms with Crippen molar-refractivity contribution >= 4 is 23.2 Å². The van der Waals surface area contributed by atoms with Gasteiger partial charge in [-0.3, -0.25) is 0 Å². The molecule has 0 aliphatic carbocycles. The number of halogens is 2. The zero-order chi connectivity index (χ0) is 11.3. The van der Waals surface area contributed by atoms with Gasteiger partial charge in [0.15, 0.2) is 0 Å². The van der Waals surface area contributed by atoms with E-state index in [-0.39, 0.29) is 0 Å². The smallest absolute Gasteiger partial charge is 0.0439 e. The van der Waals surface area contributed by atoms with Gasteiger partial charge in [-0.05, 0) is 42.5 Å². The van der Waals surface area contributed by atoms with Crippen molar-refractivity contribution in [1.29, 1.82) is 0 Å². The van der Waals surface area contributed by atoms with Gasteiger partial charge >= 0.3 is 0 Å². The van der Waals surface area contributed by atoms with Crippen LogP contribution in [0.25, 0.3) is 0 Å². The first-order valence-corrected chi connectivity index (χ1v) is 5.99. The Morgan fingerprint density at radius 3 is 2.73 bits per heavy atom. The molecule has 0 amide bonds. The van der Waals surface area contributed by atoms with Crippen LogP contribution in [0.3, 0.4) is 0 Å². The Balaban J connectivity index is 2.71. The minimum absolute atomic E-state index is 0.501. The molecule has 1 rings (SSSR count). The summed E-state index contributed by atoms with van der Waals surface area (Å²) >= 11 is 12.0. The first-order chi connectivity index (χ1) is 7.13. The monoisotopic (exact) mass is 242 g/mol. The van der Waals surface area contributed by atoms with E-state index in [9.17, 15) is 0 Å². The number of hydrogen-bond donors (Lipinski definition) is 0. The summed E-state index contributed by atoms with van der Waals surface area (Å²) in [7, 11) is 0. The van der Waals surface area contributed by atoms with E-state index in [0.717, 1.165) is 28.5 Å². The lowest BCUT2D eigenvalue weighted by molar-refractivity contribution is 0.721. The fourth-order valence-electron chi connectivity index (χ4n) is 1.48. The summed E-state index contributed by atoms with van der Waals surface area (Å²) in [6, 6.07) is 5.62. The van der Waals surface area contributed by atoms with E-state index in [0.29, 0.717) is 5.92 Å². The van der Waals surface area contributed by atoms with Gasteiger partial charge in [-0.15, -0.1) is 0 Å². The highest BCUT2D eigenvalue weighted by atomic mass is 35.5. The Morgan fingerprint density at radius 1 is 1.33 bits per heavy atom. The minimum Gasteiger partial charge on any atom is -0.0885 e. The first-order valence-electron chi connectivity index (χ1n) is 5.24. The molecule has 0 aromatic heterocycles. The molecular formula is C13H16Cl2. The van der Waals surface area contributed by atoms with E-state index >= 15 is 0 Å². The molecule has 0 saturated carbocycles. The van der Waals surface area contributed by atoms with Crippen LogP contribution in [0.5, 0.6) is 0 Å². The van der Waals surface area contributed by atoms with Crippen molar-refractivity contribution in [1.82, 2.24) is 0 Å². The molecule has 0 nitrogen and oxygen atoms in total. The molecule has 0 N–H and O–H groups in total. The van der Waals surface area contributed by atoms with Gasteiger partial charge in [0.25, 0.3) is 0 Å². The highest BCUT2D eigenvalue weighted by Crippen LogP contribution is 2.23. The summed E-state index contributed by atoms with van der Waals surface area (Å²) < 4.78 is 0. The maximum Gasteiger partial charge on any atom is 0.0439 e. The normalized spacial score (nSPS) is 13.3. The molecule has 2 heteroatoms. The molecule has 0 heterocycles. The summed E-state index contributed by atoms with van der Waals surface area (Å²) in [4.78, 5) is 0. The third-order valence-electron chi connectivity index (χ3n) is 2.25. The minimum atomic E-state index is 0.501. The van der Waals surface area contributed by atoms with Crippen molar-refractivity contribution < 1.29 is 0 Å². The summed E-state index contributed by atoms with van der Waals surface area (Å²) in [6.07, 6.45) is 6.42. The standard InChI is InChI=1S/C13H16Cl2/c1-3-4-5-10(2)8-11-9-12(14)6-7-13(11)15/h4-7,9-10H,3,8H2,1-2H3/b5-4-. The average Bonchev–Trinajstić information content (AvgIpc) is 2.20. The lowest BCUT2D eigenvalue weighted by Crippen LogP contribution is -1.96. The third-order valence-corrected chi connectivity index (χ3v) is 2.85. The molecule has 0 bridgehead atoms. The summed E-state index contributed by atoms with van der Waals surface area (Å²) in [6.45, 7) is 4.32. The van der Waals surface area contributed by atoms with Crippen LogP contribution >= 0.6 is 23.2 Å². The van der Waals surface area contributed by atoms with Crippen LogP contribution in [0.4, 0.5) is 0 Å². The van der Waals surface area contributed by atoms with E-state index in [1.165, 1.54) is 0 Å². The molecular weight excluding hydrogens is 227 g/mol. The van der Waals surface area contributed by atoms with Crippen LogP contribution in [-0.4, -0.2) is 0 Å². The molecule has 82 valence electrons. The number of rotatable bonds is 4. The van der Waals surface area contributed by atoms with Gasteiger partial charge in [0.05, 0.1) is 0 Å². The maximum atomic E-state index is 6.09. The second-order valence-electron chi connectivity index (χ2n) is 3.75. The van der Waals surface area contributed by atoms with Gasteiger partial charge < -0.3 is 0 Å². The van der Waals surface area contributed by atoms with Gasteiger partial charge in [-0.1, -0.05) is 49.2 Å². The van der Waals surface area contributed by atoms with E-state index in [2.05, 4.69) is 26.0 Å². The van der Waals surface area contributed by atoms with Gasteiger partial charge in [0.1, 0.15) is 0 Å². The van der Waals surface area contributed by atoms with Crippen LogP contribution in [0.1, 0.15) is 25.8 Å². The first kappa shape index (κ1) is 12.6. The molecule has 0 fully saturated rings. The van der Waals surface area contributed by atoms with Crippen LogP contribution < -0.4 is 0 Å². The molecule has 0 radical (unpaired) electrons. The van der Waals surface area contributed by atoms with Gasteiger partial charge in [0, 0.05) is 10.0 Å². The Kier molecular flexibility index (Phi) is 5.21. The summed E-state index contributed by atoms with van der Waals surface area (Å²) in [5.74, 6) is 0.501. The van der Waals surface area contributed by atoms with Crippen LogP contribution in [0, 0.1) is 5.92 Å². The number of allylic oxidation sites excluding steroid dienone is 2. The zero-order valence-electron chi connectivity index (χ0n) is 9.13. The number of hydrogen-bond acceptors (Lipinski definition) is 0. The van der Waals surface area contributed by atoms with Crippen LogP contribution in [-0.2, 0) is 6.42 Å². The number of benzene rings is 1. The summed E-state index contributed by atoms with van der Waals surface area (Å²) in [5, 5.41) is 1.55. The molecule has 15 heavy (non-hydrogen) atoms. The highest BCUT2D eigenvalue weighted by molar-refractivity contribution is 6.33. The Hall–Kier alpha value is -0.460. The van der Waals surface area contributed by atoms with Gasteiger partial charge in [-0.25, -0.2) is 0 Å². The summed E-state index contributed by atoms with van der Waals surface area (Å²) in [5.41, 5.74) is 1.12. The van der Waals surface area contributed by atoms with Crippen molar-refractivity contribution in [2.24, 2.45) is 5.92 Å². The molecule has 0 spiro atoms. The Bertz CT molecular complexity index is 342. The highest BCUT2D eigenvalue weighted by Gasteiger charge is 2.04. The second kappa shape index (κ2) is 6.19. The van der Waals surface area contributed by atoms with Crippen LogP contribution in [0.2, 0.25) is 10.0 Å². The molecule has 1 aromatic carbocycles. The van der Waals surface area contributed by atoms with Crippen LogP contribution in [0.15, 0.2) is 30.4 Å². The van der Waals surface area contributed by atoms with Crippen molar-refractivity contribution in [2.45, 2.75) is 26.7 Å². The molecule has 0 aliphatic rings. The third kappa shape index (κ3) is 4.27. The molecule has 0 saturated heterocycles. The van der Waals surface area contributed by atoms with Gasteiger partial charge in [-0.2, -0.15) is 0 Å². The molecule has 1 unspecified atom stereocenters. The predicted molar refractivity (Wildman–Crippen MR) is 68.8 cm³/mol. The molecule has 0 aliphatic heterocycles. The Morgan fingerprint density at radius 2 is 2.07 bits per heavy atom. The Labute approximate surface area is 102 Å². The second-order valence-corrected chi connectivity index (χ2v) is 4.60. The lowest BCUT2D eigenvalue weighted by atomic mass is 10.0. The zero-order valence-corrected chi connectivity index (χ0v) is 10.6. The van der Waals surface area contributed by atoms with Crippen molar-refractivity contribution in [3.63, 3.8) is 0 Å². The van der Waals surface area contributed by atoms with Crippen molar-refractivity contribution in [3.05, 3.63) is 46.0 Å². The van der Waals surface area contributed by atoms with Crippen molar-refractivity contribution in [2.75, 3.05) is 0 Å². The van der Waals surface area contributed by atoms with E-state index in [1.807, 2.05) is 18.2 Å². The fourth-order valence-corrected chi connectivity index (χ4v) is 1.87. The largest absolute Gasteiger partial charge is 0.0885 e. The van der Waals surface area contributed by atoms with E-state index in [4.69, 9.17) is 23.2 Å². The molecule has 1 aromatic rings. The van der Waals surface area contributed by atoms with E-state index < -0.39 is 0 Å².